The fraction of sp³-hybridized carbons (Fsp3) is 0.400. The van der Waals surface area contributed by atoms with Crippen LogP contribution in [0.4, 0.5) is 4.79 Å². The minimum Gasteiger partial charge on any atom is -0.480 e. The molecule has 0 aromatic heterocycles. The number of amides is 1. The number of aliphatic carboxylic acids is 2. The molecule has 2 N–H and O–H groups in total. The van der Waals surface area contributed by atoms with Gasteiger partial charge in [-0.1, -0.05) is 69.3 Å². The van der Waals surface area contributed by atoms with Gasteiger partial charge in [-0.2, -0.15) is 0 Å². The molecule has 2 aromatic rings. The van der Waals surface area contributed by atoms with Gasteiger partial charge >= 0.3 is 18.0 Å². The van der Waals surface area contributed by atoms with Crippen molar-refractivity contribution in [3.05, 3.63) is 59.7 Å². The molecule has 1 aliphatic carbocycles. The lowest BCUT2D eigenvalue weighted by atomic mass is 9.71. The normalized spacial score (nSPS) is 22.0. The van der Waals surface area contributed by atoms with E-state index in [0.29, 0.717) is 6.42 Å². The molecule has 0 saturated carbocycles. The lowest BCUT2D eigenvalue weighted by molar-refractivity contribution is -0.172. The van der Waals surface area contributed by atoms with Crippen molar-refractivity contribution in [3.63, 3.8) is 0 Å². The van der Waals surface area contributed by atoms with Gasteiger partial charge in [-0.3, -0.25) is 4.90 Å². The van der Waals surface area contributed by atoms with Crippen LogP contribution in [-0.2, 0) is 14.3 Å². The first kappa shape index (κ1) is 21.9. The highest BCUT2D eigenvalue weighted by molar-refractivity contribution is 5.90. The van der Waals surface area contributed by atoms with E-state index in [-0.39, 0.29) is 17.9 Å². The first-order chi connectivity index (χ1) is 15.1. The van der Waals surface area contributed by atoms with Crippen LogP contribution >= 0.6 is 0 Å². The Morgan fingerprint density at radius 1 is 0.875 bits per heavy atom. The zero-order valence-corrected chi connectivity index (χ0v) is 18.3. The lowest BCUT2D eigenvalue weighted by Gasteiger charge is -2.51. The van der Waals surface area contributed by atoms with Crippen LogP contribution in [0.25, 0.3) is 11.1 Å². The van der Waals surface area contributed by atoms with E-state index < -0.39 is 36.0 Å². The topological polar surface area (TPSA) is 104 Å². The first-order valence-corrected chi connectivity index (χ1v) is 10.7. The Balaban J connectivity index is 1.55. The van der Waals surface area contributed by atoms with Crippen LogP contribution in [0, 0.1) is 11.3 Å². The summed E-state index contributed by atoms with van der Waals surface area (Å²) in [6, 6.07) is 13.3. The SMILES string of the molecule is CC(C)(C)CC1C(C(=O)O)N(C(=O)OCC2c3ccccc3-c3ccccc32)C1C(=O)O. The molecule has 32 heavy (non-hydrogen) atoms. The van der Waals surface area contributed by atoms with Gasteiger partial charge in [0.2, 0.25) is 0 Å². The molecule has 2 aliphatic rings. The predicted octanol–water partition coefficient (Wildman–Crippen LogP) is 4.21. The minimum atomic E-state index is -1.22. The molecule has 2 unspecified atom stereocenters. The summed E-state index contributed by atoms with van der Waals surface area (Å²) in [5.41, 5.74) is 3.93. The summed E-state index contributed by atoms with van der Waals surface area (Å²) < 4.78 is 5.54. The van der Waals surface area contributed by atoms with E-state index in [0.717, 1.165) is 27.2 Å². The fourth-order valence-electron chi connectivity index (χ4n) is 5.09. The van der Waals surface area contributed by atoms with Crippen LogP contribution < -0.4 is 0 Å². The van der Waals surface area contributed by atoms with E-state index in [2.05, 4.69) is 0 Å². The number of carboxylic acids is 2. The number of hydrogen-bond acceptors (Lipinski definition) is 4. The van der Waals surface area contributed by atoms with Crippen molar-refractivity contribution in [2.45, 2.75) is 45.2 Å². The van der Waals surface area contributed by atoms with Crippen LogP contribution in [-0.4, -0.2) is 51.8 Å². The Morgan fingerprint density at radius 2 is 1.34 bits per heavy atom. The van der Waals surface area contributed by atoms with E-state index in [4.69, 9.17) is 4.74 Å². The maximum Gasteiger partial charge on any atom is 0.411 e. The van der Waals surface area contributed by atoms with Crippen molar-refractivity contribution < 1.29 is 29.3 Å². The number of nitrogens with zero attached hydrogens (tertiary/aromatic N) is 1. The zero-order valence-electron chi connectivity index (χ0n) is 18.3. The quantitative estimate of drug-likeness (QED) is 0.726. The molecule has 0 spiro atoms. The summed E-state index contributed by atoms with van der Waals surface area (Å²) in [5.74, 6) is -3.30. The molecule has 2 aromatic carbocycles. The Hall–Kier alpha value is -3.35. The number of likely N-dealkylation sites (tertiary alicyclic amines) is 1. The third kappa shape index (κ3) is 3.72. The molecule has 7 heteroatoms. The van der Waals surface area contributed by atoms with Gasteiger partial charge in [-0.15, -0.1) is 0 Å². The van der Waals surface area contributed by atoms with Crippen molar-refractivity contribution in [1.82, 2.24) is 4.90 Å². The van der Waals surface area contributed by atoms with Crippen molar-refractivity contribution in [2.24, 2.45) is 11.3 Å². The van der Waals surface area contributed by atoms with Gasteiger partial charge < -0.3 is 14.9 Å². The second-order valence-corrected chi connectivity index (χ2v) is 9.71. The van der Waals surface area contributed by atoms with E-state index in [9.17, 15) is 24.6 Å². The maximum absolute atomic E-state index is 12.9. The van der Waals surface area contributed by atoms with Gasteiger partial charge in [-0.05, 0) is 34.1 Å². The van der Waals surface area contributed by atoms with Crippen LogP contribution in [0.3, 0.4) is 0 Å². The lowest BCUT2D eigenvalue weighted by Crippen LogP contribution is -2.71. The Morgan fingerprint density at radius 3 is 1.78 bits per heavy atom. The van der Waals surface area contributed by atoms with Gasteiger partial charge in [0.05, 0.1) is 0 Å². The Bertz CT molecular complexity index is 1000. The van der Waals surface area contributed by atoms with Gasteiger partial charge in [0, 0.05) is 11.8 Å². The molecule has 168 valence electrons. The predicted molar refractivity (Wildman–Crippen MR) is 117 cm³/mol. The number of carboxylic acid groups (broad SMARTS) is 2. The van der Waals surface area contributed by atoms with E-state index in [1.807, 2.05) is 69.3 Å². The van der Waals surface area contributed by atoms with Crippen molar-refractivity contribution in [3.8, 4) is 11.1 Å². The summed E-state index contributed by atoms with van der Waals surface area (Å²) in [7, 11) is 0. The van der Waals surface area contributed by atoms with Gasteiger partial charge in [0.15, 0.2) is 0 Å². The average Bonchev–Trinajstić information content (AvgIpc) is 3.01. The van der Waals surface area contributed by atoms with E-state index in [1.165, 1.54) is 0 Å². The highest BCUT2D eigenvalue weighted by Crippen LogP contribution is 2.45. The number of rotatable bonds is 5. The van der Waals surface area contributed by atoms with Gasteiger partial charge in [0.25, 0.3) is 0 Å². The van der Waals surface area contributed by atoms with Gasteiger partial charge in [0.1, 0.15) is 18.7 Å². The van der Waals surface area contributed by atoms with Crippen LogP contribution in [0.1, 0.15) is 44.2 Å². The van der Waals surface area contributed by atoms with Gasteiger partial charge in [-0.25, -0.2) is 14.4 Å². The summed E-state index contributed by atoms with van der Waals surface area (Å²) in [6.07, 6.45) is -0.537. The number of hydrogen-bond donors (Lipinski definition) is 2. The molecule has 1 aliphatic heterocycles. The smallest absolute Gasteiger partial charge is 0.411 e. The van der Waals surface area contributed by atoms with Crippen molar-refractivity contribution >= 4 is 18.0 Å². The zero-order chi connectivity index (χ0) is 23.2. The monoisotopic (exact) mass is 437 g/mol. The summed E-state index contributed by atoms with van der Waals surface area (Å²) in [6.45, 7) is 5.76. The van der Waals surface area contributed by atoms with Crippen LogP contribution in [0.15, 0.2) is 48.5 Å². The van der Waals surface area contributed by atoms with Crippen LogP contribution in [0.5, 0.6) is 0 Å². The van der Waals surface area contributed by atoms with Crippen molar-refractivity contribution in [1.29, 1.82) is 0 Å². The standard InChI is InChI=1S/C25H27NO6/c1-25(2,3)12-18-20(22(27)28)26(21(18)23(29)30)24(31)32-13-19-16-10-6-4-8-14(16)15-9-5-7-11-17(15)19/h4-11,18-21H,12-13H2,1-3H3,(H,27,28)(H,29,30). The summed E-state index contributed by atoms with van der Waals surface area (Å²) in [5, 5.41) is 19.4. The molecular weight excluding hydrogens is 410 g/mol. The molecular formula is C25H27NO6. The van der Waals surface area contributed by atoms with E-state index in [1.54, 1.807) is 0 Å². The average molecular weight is 437 g/mol. The third-order valence-electron chi connectivity index (χ3n) is 6.31. The number of carbonyl (C=O) groups is 3. The molecule has 1 heterocycles. The minimum absolute atomic E-state index is 0.00593. The highest BCUT2D eigenvalue weighted by atomic mass is 16.6. The third-order valence-corrected chi connectivity index (χ3v) is 6.31. The number of ether oxygens (including phenoxy) is 1. The van der Waals surface area contributed by atoms with E-state index >= 15 is 0 Å². The molecule has 7 nitrogen and oxygen atoms in total. The molecule has 1 saturated heterocycles. The number of fused-ring (bicyclic) bond motifs is 3. The first-order valence-electron chi connectivity index (χ1n) is 10.7. The number of carbonyl (C=O) groups excluding carboxylic acids is 1. The molecule has 2 atom stereocenters. The Labute approximate surface area is 186 Å². The Kier molecular flexibility index (Phi) is 5.44. The highest BCUT2D eigenvalue weighted by Gasteiger charge is 2.59. The molecule has 0 radical (unpaired) electrons. The molecule has 4 rings (SSSR count). The summed E-state index contributed by atoms with van der Waals surface area (Å²) >= 11 is 0. The number of benzene rings is 2. The fourth-order valence-corrected chi connectivity index (χ4v) is 5.09. The van der Waals surface area contributed by atoms with Crippen LogP contribution in [0.2, 0.25) is 0 Å². The largest absolute Gasteiger partial charge is 0.480 e. The maximum atomic E-state index is 12.9. The second-order valence-electron chi connectivity index (χ2n) is 9.71. The molecule has 1 fully saturated rings. The van der Waals surface area contributed by atoms with Crippen molar-refractivity contribution in [2.75, 3.05) is 6.61 Å². The molecule has 0 bridgehead atoms. The molecule has 1 amide bonds. The summed E-state index contributed by atoms with van der Waals surface area (Å²) in [4.78, 5) is 37.6. The second kappa shape index (κ2) is 7.97.